The summed E-state index contributed by atoms with van der Waals surface area (Å²) >= 11 is 0. The molecule has 2 heterocycles. The van der Waals surface area contributed by atoms with Crippen LogP contribution in [0.25, 0.3) is 11.0 Å². The van der Waals surface area contributed by atoms with E-state index >= 15 is 0 Å². The molecule has 0 aliphatic carbocycles. The monoisotopic (exact) mass is 439 g/mol. The molecule has 0 saturated carbocycles. The van der Waals surface area contributed by atoms with Crippen molar-refractivity contribution in [3.05, 3.63) is 63.5 Å². The van der Waals surface area contributed by atoms with Crippen LogP contribution in [0.15, 0.2) is 45.6 Å². The van der Waals surface area contributed by atoms with Gasteiger partial charge in [-0.1, -0.05) is 12.1 Å². The number of hydrogen-bond acceptors (Lipinski definition) is 7. The Bertz CT molecular complexity index is 1190. The van der Waals surface area contributed by atoms with Gasteiger partial charge in [-0.25, -0.2) is 0 Å². The molecule has 1 atom stereocenters. The van der Waals surface area contributed by atoms with Crippen LogP contribution in [0.5, 0.6) is 17.2 Å². The maximum Gasteiger partial charge on any atom is 0.290 e. The van der Waals surface area contributed by atoms with Gasteiger partial charge in [0.05, 0.1) is 38.3 Å². The van der Waals surface area contributed by atoms with E-state index in [9.17, 15) is 9.59 Å². The summed E-state index contributed by atoms with van der Waals surface area (Å²) in [5.74, 6) is 1.02. The molecule has 2 aromatic carbocycles. The van der Waals surface area contributed by atoms with Crippen molar-refractivity contribution < 1.29 is 28.2 Å². The minimum atomic E-state index is -0.663. The molecule has 1 aromatic heterocycles. The molecule has 0 bridgehead atoms. The van der Waals surface area contributed by atoms with Crippen molar-refractivity contribution in [2.24, 2.45) is 0 Å². The number of carbonyl (C=O) groups is 1. The molecule has 8 heteroatoms. The molecule has 168 valence electrons. The van der Waals surface area contributed by atoms with Gasteiger partial charge >= 0.3 is 0 Å². The third-order valence-corrected chi connectivity index (χ3v) is 5.62. The fraction of sp³-hybridized carbons (Fsp3) is 0.333. The van der Waals surface area contributed by atoms with Crippen molar-refractivity contribution in [2.45, 2.75) is 12.5 Å². The first-order chi connectivity index (χ1) is 15.5. The minimum Gasteiger partial charge on any atom is -0.493 e. The average Bonchev–Trinajstić information content (AvgIpc) is 3.10. The summed E-state index contributed by atoms with van der Waals surface area (Å²) in [4.78, 5) is 28.5. The molecule has 3 aromatic rings. The van der Waals surface area contributed by atoms with E-state index < -0.39 is 6.04 Å². The number of carbonyl (C=O) groups excluding carboxylic acids is 1. The Balaban J connectivity index is 1.95. The molecule has 0 spiro atoms. The SMILES string of the molecule is COCCCN1C(=O)c2oc3ccccc3c(=O)c2C1c1cc(OC)c(OC)c(OC)c1. The lowest BCUT2D eigenvalue weighted by Gasteiger charge is -2.26. The summed E-state index contributed by atoms with van der Waals surface area (Å²) in [5.41, 5.74) is 1.11. The normalized spacial score (nSPS) is 15.2. The summed E-state index contributed by atoms with van der Waals surface area (Å²) in [6.45, 7) is 0.861. The zero-order valence-electron chi connectivity index (χ0n) is 18.5. The molecule has 4 rings (SSSR count). The van der Waals surface area contributed by atoms with Gasteiger partial charge in [0.15, 0.2) is 16.9 Å². The van der Waals surface area contributed by atoms with E-state index in [4.69, 9.17) is 23.4 Å². The predicted octanol–water partition coefficient (Wildman–Crippen LogP) is 3.40. The number of methoxy groups -OCH3 is 4. The van der Waals surface area contributed by atoms with Crippen LogP contribution in [0, 0.1) is 0 Å². The molecule has 0 N–H and O–H groups in total. The Morgan fingerprint density at radius 1 is 0.969 bits per heavy atom. The van der Waals surface area contributed by atoms with Crippen LogP contribution in [0.1, 0.15) is 34.1 Å². The lowest BCUT2D eigenvalue weighted by molar-refractivity contribution is 0.0707. The number of hydrogen-bond donors (Lipinski definition) is 0. The Morgan fingerprint density at radius 2 is 1.66 bits per heavy atom. The van der Waals surface area contributed by atoms with E-state index in [1.807, 2.05) is 0 Å². The van der Waals surface area contributed by atoms with E-state index in [0.717, 1.165) is 0 Å². The number of nitrogens with zero attached hydrogens (tertiary/aromatic N) is 1. The highest BCUT2D eigenvalue weighted by molar-refractivity contribution is 5.99. The standard InChI is InChI=1S/C24H25NO7/c1-28-11-7-10-25-20(14-12-17(29-2)22(31-4)18(13-14)30-3)19-21(26)15-8-5-6-9-16(15)32-23(19)24(25)27/h5-6,8-9,12-13,20H,7,10-11H2,1-4H3. The fourth-order valence-electron chi connectivity index (χ4n) is 4.18. The number of amides is 1. The number of fused-ring (bicyclic) bond motifs is 2. The summed E-state index contributed by atoms with van der Waals surface area (Å²) in [7, 11) is 6.17. The van der Waals surface area contributed by atoms with Gasteiger partial charge < -0.3 is 28.3 Å². The van der Waals surface area contributed by atoms with Crippen LogP contribution in [-0.2, 0) is 4.74 Å². The van der Waals surface area contributed by atoms with E-state index in [1.54, 1.807) is 48.4 Å². The third kappa shape index (κ3) is 3.46. The number of rotatable bonds is 8. The Morgan fingerprint density at radius 3 is 2.28 bits per heavy atom. The van der Waals surface area contributed by atoms with Crippen molar-refractivity contribution in [3.8, 4) is 17.2 Å². The summed E-state index contributed by atoms with van der Waals surface area (Å²) in [6, 6.07) is 9.78. The molecule has 0 fully saturated rings. The highest BCUT2D eigenvalue weighted by Gasteiger charge is 2.43. The largest absolute Gasteiger partial charge is 0.493 e. The topological polar surface area (TPSA) is 87.4 Å². The minimum absolute atomic E-state index is 0.0601. The van der Waals surface area contributed by atoms with Crippen LogP contribution < -0.4 is 19.6 Å². The van der Waals surface area contributed by atoms with Gasteiger partial charge in [-0.2, -0.15) is 0 Å². The van der Waals surface area contributed by atoms with Gasteiger partial charge in [0.2, 0.25) is 11.5 Å². The number of benzene rings is 2. The maximum absolute atomic E-state index is 13.5. The van der Waals surface area contributed by atoms with Gasteiger partial charge in [-0.15, -0.1) is 0 Å². The highest BCUT2D eigenvalue weighted by Crippen LogP contribution is 2.45. The van der Waals surface area contributed by atoms with Gasteiger partial charge in [0.1, 0.15) is 5.58 Å². The first-order valence-electron chi connectivity index (χ1n) is 10.2. The molecule has 8 nitrogen and oxygen atoms in total. The molecule has 1 amide bonds. The Kier molecular flexibility index (Phi) is 6.05. The zero-order valence-corrected chi connectivity index (χ0v) is 18.5. The third-order valence-electron chi connectivity index (χ3n) is 5.62. The van der Waals surface area contributed by atoms with Gasteiger partial charge in [-0.05, 0) is 36.2 Å². The van der Waals surface area contributed by atoms with E-state index in [2.05, 4.69) is 0 Å². The Hall–Kier alpha value is -3.52. The smallest absolute Gasteiger partial charge is 0.290 e. The van der Waals surface area contributed by atoms with Crippen LogP contribution in [0.4, 0.5) is 0 Å². The maximum atomic E-state index is 13.5. The first kappa shape index (κ1) is 21.7. The highest BCUT2D eigenvalue weighted by atomic mass is 16.5. The van der Waals surface area contributed by atoms with E-state index in [1.165, 1.54) is 21.3 Å². The lowest BCUT2D eigenvalue weighted by atomic mass is 9.97. The lowest BCUT2D eigenvalue weighted by Crippen LogP contribution is -2.31. The summed E-state index contributed by atoms with van der Waals surface area (Å²) in [6.07, 6.45) is 0.602. The average molecular weight is 439 g/mol. The second kappa shape index (κ2) is 8.92. The van der Waals surface area contributed by atoms with Crippen LogP contribution in [0.2, 0.25) is 0 Å². The molecule has 0 radical (unpaired) electrons. The molecule has 0 saturated heterocycles. The molecular formula is C24H25NO7. The fourth-order valence-corrected chi connectivity index (χ4v) is 4.18. The van der Waals surface area contributed by atoms with Crippen LogP contribution >= 0.6 is 0 Å². The zero-order chi connectivity index (χ0) is 22.8. The van der Waals surface area contributed by atoms with Crippen LogP contribution in [-0.4, -0.2) is 52.4 Å². The second-order valence-corrected chi connectivity index (χ2v) is 7.38. The quantitative estimate of drug-likeness (QED) is 0.497. The van der Waals surface area contributed by atoms with Crippen molar-refractivity contribution >= 4 is 16.9 Å². The second-order valence-electron chi connectivity index (χ2n) is 7.38. The first-order valence-corrected chi connectivity index (χ1v) is 10.2. The molecule has 1 aliphatic heterocycles. The molecule has 1 unspecified atom stereocenters. The van der Waals surface area contributed by atoms with Gasteiger partial charge in [-0.3, -0.25) is 9.59 Å². The molecular weight excluding hydrogens is 414 g/mol. The van der Waals surface area contributed by atoms with E-state index in [0.29, 0.717) is 58.9 Å². The van der Waals surface area contributed by atoms with Crippen molar-refractivity contribution in [3.63, 3.8) is 0 Å². The Labute approximate surface area is 185 Å². The van der Waals surface area contributed by atoms with Crippen molar-refractivity contribution in [1.29, 1.82) is 0 Å². The summed E-state index contributed by atoms with van der Waals surface area (Å²) < 4.78 is 27.5. The van der Waals surface area contributed by atoms with Crippen molar-refractivity contribution in [2.75, 3.05) is 41.6 Å². The number of para-hydroxylation sites is 1. The van der Waals surface area contributed by atoms with Crippen molar-refractivity contribution in [1.82, 2.24) is 4.90 Å². The summed E-state index contributed by atoms with van der Waals surface area (Å²) in [5, 5.41) is 0.426. The van der Waals surface area contributed by atoms with Gasteiger partial charge in [0, 0.05) is 20.3 Å². The predicted molar refractivity (Wildman–Crippen MR) is 118 cm³/mol. The molecule has 1 aliphatic rings. The van der Waals surface area contributed by atoms with E-state index in [-0.39, 0.29) is 17.1 Å². The number of ether oxygens (including phenoxy) is 4. The van der Waals surface area contributed by atoms with Gasteiger partial charge in [0.25, 0.3) is 5.91 Å². The van der Waals surface area contributed by atoms with Crippen LogP contribution in [0.3, 0.4) is 0 Å². The molecule has 32 heavy (non-hydrogen) atoms.